The van der Waals surface area contributed by atoms with Gasteiger partial charge in [0, 0.05) is 5.56 Å². The quantitative estimate of drug-likeness (QED) is 0.267. The molecule has 0 bridgehead atoms. The Balaban J connectivity index is 1.87. The number of hydrogen-bond donors (Lipinski definition) is 7. The first-order chi connectivity index (χ1) is 18.2. The van der Waals surface area contributed by atoms with Crippen LogP contribution in [-0.4, -0.2) is 84.9 Å². The van der Waals surface area contributed by atoms with Crippen LogP contribution in [0.25, 0.3) is 16.9 Å². The normalized spacial score (nSPS) is 32.2. The average Bonchev–Trinajstić information content (AvgIpc) is 2.86. The molecule has 2 aromatic carbocycles. The van der Waals surface area contributed by atoms with Gasteiger partial charge in [0.05, 0.1) is 40.7 Å². The lowest BCUT2D eigenvalue weighted by Crippen LogP contribution is -2.71. The summed E-state index contributed by atoms with van der Waals surface area (Å²) in [4.78, 5) is 40.7. The molecule has 5 rings (SSSR count). The van der Waals surface area contributed by atoms with Crippen LogP contribution >= 0.6 is 0 Å². The fourth-order valence-corrected chi connectivity index (χ4v) is 6.59. The van der Waals surface area contributed by atoms with Crippen molar-refractivity contribution in [2.75, 3.05) is 14.1 Å². The Hall–Kier alpha value is -4.03. The van der Waals surface area contributed by atoms with E-state index in [4.69, 9.17) is 5.73 Å². The first-order valence-corrected chi connectivity index (χ1v) is 12.2. The zero-order chi connectivity index (χ0) is 28.8. The number of carbonyl (C=O) groups excluding carboxylic acids is 3. The second kappa shape index (κ2) is 8.48. The first-order valence-electron chi connectivity index (χ1n) is 12.2. The number of phenolic OH excluding ortho intramolecular Hbond substituents is 1. The molecule has 8 N–H and O–H groups in total. The number of fused-ring (bicyclic) bond motifs is 3. The summed E-state index contributed by atoms with van der Waals surface area (Å²) in [6.45, 7) is 1.29. The minimum Gasteiger partial charge on any atom is -0.508 e. The number of carbonyl (C=O) groups is 3. The van der Waals surface area contributed by atoms with Gasteiger partial charge in [-0.1, -0.05) is 36.4 Å². The summed E-state index contributed by atoms with van der Waals surface area (Å²) in [5, 5.41) is 68.7. The van der Waals surface area contributed by atoms with E-state index in [2.05, 4.69) is 0 Å². The molecule has 6 atom stereocenters. The van der Waals surface area contributed by atoms with Gasteiger partial charge in [-0.3, -0.25) is 19.3 Å². The number of aliphatic hydroxyl groups is 5. The molecular weight excluding hydrogens is 508 g/mol. The molecule has 1 fully saturated rings. The minimum absolute atomic E-state index is 0.0124. The van der Waals surface area contributed by atoms with Crippen molar-refractivity contribution >= 4 is 23.2 Å². The maximum Gasteiger partial charge on any atom is 0.255 e. The third kappa shape index (κ3) is 3.27. The summed E-state index contributed by atoms with van der Waals surface area (Å²) in [5.74, 6) is -9.85. The Morgan fingerprint density at radius 1 is 1.00 bits per heavy atom. The highest BCUT2D eigenvalue weighted by atomic mass is 16.4. The number of nitrogens with zero attached hydrogens (tertiary/aromatic N) is 1. The van der Waals surface area contributed by atoms with Gasteiger partial charge in [0.25, 0.3) is 5.91 Å². The smallest absolute Gasteiger partial charge is 0.255 e. The van der Waals surface area contributed by atoms with Crippen LogP contribution in [0.2, 0.25) is 0 Å². The van der Waals surface area contributed by atoms with Crippen molar-refractivity contribution in [3.8, 4) is 16.9 Å². The number of rotatable bonds is 3. The van der Waals surface area contributed by atoms with Crippen molar-refractivity contribution in [1.29, 1.82) is 0 Å². The van der Waals surface area contributed by atoms with Crippen molar-refractivity contribution in [2.45, 2.75) is 30.3 Å². The van der Waals surface area contributed by atoms with Crippen LogP contribution in [0.15, 0.2) is 59.4 Å². The molecular formula is C28H28N2O9. The summed E-state index contributed by atoms with van der Waals surface area (Å²) in [7, 11) is 2.81. The van der Waals surface area contributed by atoms with E-state index in [0.29, 0.717) is 11.1 Å². The van der Waals surface area contributed by atoms with E-state index in [1.165, 1.54) is 38.1 Å². The van der Waals surface area contributed by atoms with E-state index in [1.807, 2.05) is 0 Å². The second-order valence-electron chi connectivity index (χ2n) is 10.6. The molecule has 3 aliphatic rings. The summed E-state index contributed by atoms with van der Waals surface area (Å²) in [6, 6.07) is 9.98. The molecule has 204 valence electrons. The van der Waals surface area contributed by atoms with Gasteiger partial charge >= 0.3 is 0 Å². The molecule has 0 spiro atoms. The topological polar surface area (TPSA) is 202 Å². The molecule has 0 heterocycles. The van der Waals surface area contributed by atoms with Gasteiger partial charge in [0.2, 0.25) is 5.78 Å². The van der Waals surface area contributed by atoms with E-state index in [1.54, 1.807) is 30.3 Å². The fraction of sp³-hybridized carbons (Fsp3) is 0.321. The molecule has 11 nitrogen and oxygen atoms in total. The van der Waals surface area contributed by atoms with Crippen LogP contribution < -0.4 is 5.73 Å². The molecule has 11 heteroatoms. The number of primary amides is 1. The number of benzene rings is 2. The second-order valence-corrected chi connectivity index (χ2v) is 10.6. The summed E-state index contributed by atoms with van der Waals surface area (Å²) >= 11 is 0. The molecule has 39 heavy (non-hydrogen) atoms. The van der Waals surface area contributed by atoms with Crippen molar-refractivity contribution in [2.24, 2.45) is 17.6 Å². The largest absolute Gasteiger partial charge is 0.508 e. The Labute approximate surface area is 222 Å². The molecule has 1 amide bonds. The highest BCUT2D eigenvalue weighted by Gasteiger charge is 2.70. The average molecular weight is 537 g/mol. The van der Waals surface area contributed by atoms with Gasteiger partial charge < -0.3 is 36.4 Å². The number of likely N-dealkylation sites (N-methyl/N-ethyl adjacent to an activating group) is 1. The fourth-order valence-electron chi connectivity index (χ4n) is 6.59. The molecule has 1 saturated carbocycles. The van der Waals surface area contributed by atoms with Gasteiger partial charge in [0.15, 0.2) is 11.4 Å². The zero-order valence-corrected chi connectivity index (χ0v) is 21.3. The number of aromatic hydroxyl groups is 1. The van der Waals surface area contributed by atoms with Crippen LogP contribution in [0.1, 0.15) is 18.1 Å². The van der Waals surface area contributed by atoms with Crippen LogP contribution in [0.4, 0.5) is 0 Å². The molecule has 0 aliphatic heterocycles. The predicted molar refractivity (Wildman–Crippen MR) is 137 cm³/mol. The molecule has 0 saturated heterocycles. The van der Waals surface area contributed by atoms with Crippen LogP contribution in [-0.2, 0) is 20.0 Å². The van der Waals surface area contributed by atoms with Gasteiger partial charge in [0.1, 0.15) is 22.8 Å². The first kappa shape index (κ1) is 26.6. The van der Waals surface area contributed by atoms with Crippen LogP contribution in [0.3, 0.4) is 0 Å². The highest BCUT2D eigenvalue weighted by Crippen LogP contribution is 2.58. The van der Waals surface area contributed by atoms with Crippen molar-refractivity contribution in [3.63, 3.8) is 0 Å². The van der Waals surface area contributed by atoms with Crippen molar-refractivity contribution < 1.29 is 45.0 Å². The lowest BCUT2D eigenvalue weighted by molar-refractivity contribution is -0.181. The van der Waals surface area contributed by atoms with Crippen LogP contribution in [0, 0.1) is 11.8 Å². The van der Waals surface area contributed by atoms with E-state index in [-0.39, 0.29) is 11.1 Å². The maximum absolute atomic E-state index is 14.0. The van der Waals surface area contributed by atoms with Gasteiger partial charge in [-0.25, -0.2) is 0 Å². The standard InChI is InChI=1S/C28H28N2O9/c1-27(38)17-12(11-7-5-4-6-8-11)9-10-13(31)14(17)21(32)15-18(27)23(34)19-20(30(2)3)22(33)16(26(29)37)25(36)28(19,39)24(15)35/h4-10,18-20,23,31-32,34,36,38-39H,1-3H3,(H2,29,37)/t18-,19-,20+,23+,27-,28+/m0/s1. The van der Waals surface area contributed by atoms with E-state index in [9.17, 15) is 45.0 Å². The zero-order valence-electron chi connectivity index (χ0n) is 21.3. The monoisotopic (exact) mass is 536 g/mol. The summed E-state index contributed by atoms with van der Waals surface area (Å²) in [5.41, 5.74) is -0.889. The van der Waals surface area contributed by atoms with Crippen LogP contribution in [0.5, 0.6) is 5.75 Å². The summed E-state index contributed by atoms with van der Waals surface area (Å²) < 4.78 is 0. The van der Waals surface area contributed by atoms with Crippen molar-refractivity contribution in [3.05, 3.63) is 70.5 Å². The lowest BCUT2D eigenvalue weighted by Gasteiger charge is -2.55. The number of amides is 1. The predicted octanol–water partition coefficient (Wildman–Crippen LogP) is 0.267. The minimum atomic E-state index is -3.06. The highest BCUT2D eigenvalue weighted by molar-refractivity contribution is 6.24. The number of nitrogens with two attached hydrogens (primary N) is 1. The van der Waals surface area contributed by atoms with Crippen molar-refractivity contribution in [1.82, 2.24) is 4.90 Å². The Morgan fingerprint density at radius 2 is 1.62 bits per heavy atom. The van der Waals surface area contributed by atoms with Gasteiger partial charge in [-0.05, 0) is 38.2 Å². The molecule has 0 radical (unpaired) electrons. The number of ketones is 2. The number of Topliss-reactive ketones (excluding diaryl/α,β-unsaturated/α-hetero) is 2. The molecule has 0 unspecified atom stereocenters. The van der Waals surface area contributed by atoms with Gasteiger partial charge in [-0.2, -0.15) is 0 Å². The number of hydrogen-bond acceptors (Lipinski definition) is 10. The molecule has 3 aliphatic carbocycles. The Bertz CT molecular complexity index is 1510. The molecule has 0 aromatic heterocycles. The maximum atomic E-state index is 14.0. The number of phenols is 1. The number of aliphatic hydroxyl groups excluding tert-OH is 3. The van der Waals surface area contributed by atoms with E-state index >= 15 is 0 Å². The third-order valence-corrected chi connectivity index (χ3v) is 8.22. The lowest BCUT2D eigenvalue weighted by atomic mass is 9.53. The summed E-state index contributed by atoms with van der Waals surface area (Å²) in [6.07, 6.45) is -1.92. The Morgan fingerprint density at radius 3 is 2.18 bits per heavy atom. The SMILES string of the molecule is CN(C)[C@H]1C(=O)C(C(N)=O)=C(O)[C@]2(O)C(=O)C3=C(O)c4c(O)ccc(-c5ccccc5)c4[C@](C)(O)[C@@H]3[C@@H](O)[C@H]12. The van der Waals surface area contributed by atoms with E-state index < -0.39 is 81.1 Å². The molecule has 2 aromatic rings. The van der Waals surface area contributed by atoms with Gasteiger partial charge in [-0.15, -0.1) is 0 Å². The van der Waals surface area contributed by atoms with E-state index in [0.717, 1.165) is 0 Å². The third-order valence-electron chi connectivity index (χ3n) is 8.22. The Kier molecular flexibility index (Phi) is 5.78.